The van der Waals surface area contributed by atoms with Gasteiger partial charge in [0.2, 0.25) is 10.0 Å². The standard InChI is InChI=1S/C29H30FN5O6S/c1-18-8-3-4-10-23(18)41-26-24-21(9-7-14-32-24)27(34-25(26)29(37)38)35(2)42(39,40)15-6-5-13-33-28(36)22-16-20(30)12-11-19(22)17-31/h3-4,7-12,14,16H,5-6,13,15,17,31H2,1-2H3,(H,33,36)(H,37,38). The van der Waals surface area contributed by atoms with E-state index in [9.17, 15) is 27.5 Å². The van der Waals surface area contributed by atoms with E-state index in [1.54, 1.807) is 37.3 Å². The molecule has 0 aliphatic rings. The van der Waals surface area contributed by atoms with Crippen LogP contribution >= 0.6 is 0 Å². The lowest BCUT2D eigenvalue weighted by Gasteiger charge is -2.22. The number of rotatable bonds is 12. The molecule has 0 radical (unpaired) electrons. The van der Waals surface area contributed by atoms with Crippen LogP contribution in [0, 0.1) is 12.7 Å². The number of unbranched alkanes of at least 4 members (excludes halogenated alkanes) is 1. The maximum absolute atomic E-state index is 13.6. The molecule has 11 nitrogen and oxygen atoms in total. The number of aryl methyl sites for hydroxylation is 1. The Bertz CT molecular complexity index is 1750. The summed E-state index contributed by atoms with van der Waals surface area (Å²) in [5.74, 6) is -2.59. The summed E-state index contributed by atoms with van der Waals surface area (Å²) >= 11 is 0. The van der Waals surface area contributed by atoms with Gasteiger partial charge in [0.15, 0.2) is 17.3 Å². The normalized spacial score (nSPS) is 11.3. The molecule has 1 amide bonds. The van der Waals surface area contributed by atoms with Crippen LogP contribution in [0.15, 0.2) is 60.8 Å². The van der Waals surface area contributed by atoms with Crippen molar-refractivity contribution in [3.05, 3.63) is 89.0 Å². The Kier molecular flexibility index (Phi) is 9.33. The number of hydrogen-bond acceptors (Lipinski definition) is 8. The second-order valence-electron chi connectivity index (χ2n) is 9.44. The van der Waals surface area contributed by atoms with Gasteiger partial charge in [-0.1, -0.05) is 24.3 Å². The molecule has 4 rings (SSSR count). The molecule has 4 aromatic rings. The van der Waals surface area contributed by atoms with Gasteiger partial charge in [-0.2, -0.15) is 0 Å². The Morgan fingerprint density at radius 1 is 1.12 bits per heavy atom. The minimum atomic E-state index is -3.96. The smallest absolute Gasteiger partial charge is 0.358 e. The van der Waals surface area contributed by atoms with Crippen molar-refractivity contribution in [2.24, 2.45) is 5.73 Å². The summed E-state index contributed by atoms with van der Waals surface area (Å²) in [5.41, 5.74) is 6.65. The average Bonchev–Trinajstić information content (AvgIpc) is 2.97. The number of sulfonamides is 1. The first kappa shape index (κ1) is 30.3. The maximum Gasteiger partial charge on any atom is 0.358 e. The highest BCUT2D eigenvalue weighted by Gasteiger charge is 2.28. The number of ether oxygens (including phenoxy) is 1. The number of amides is 1. The zero-order chi connectivity index (χ0) is 30.4. The average molecular weight is 596 g/mol. The van der Waals surface area contributed by atoms with Gasteiger partial charge in [0.05, 0.1) is 5.75 Å². The van der Waals surface area contributed by atoms with Crippen LogP contribution in [-0.2, 0) is 16.6 Å². The molecule has 0 saturated heterocycles. The molecule has 0 aliphatic heterocycles. The third kappa shape index (κ3) is 6.64. The number of pyridine rings is 2. The Morgan fingerprint density at radius 2 is 1.88 bits per heavy atom. The molecule has 0 bridgehead atoms. The van der Waals surface area contributed by atoms with Crippen molar-refractivity contribution in [3.63, 3.8) is 0 Å². The molecule has 220 valence electrons. The number of halogens is 1. The van der Waals surface area contributed by atoms with Crippen molar-refractivity contribution in [2.75, 3.05) is 23.7 Å². The predicted octanol–water partition coefficient (Wildman–Crippen LogP) is 4.00. The second-order valence-corrected chi connectivity index (χ2v) is 11.6. The number of carboxylic acids is 1. The maximum atomic E-state index is 13.6. The monoisotopic (exact) mass is 595 g/mol. The van der Waals surface area contributed by atoms with Crippen LogP contribution in [0.4, 0.5) is 10.2 Å². The van der Waals surface area contributed by atoms with Crippen LogP contribution in [0.1, 0.15) is 44.8 Å². The number of nitrogens with one attached hydrogen (secondary N) is 1. The second kappa shape index (κ2) is 12.9. The van der Waals surface area contributed by atoms with Gasteiger partial charge in [-0.05, 0) is 61.2 Å². The minimum Gasteiger partial charge on any atom is -0.476 e. The molecule has 0 aliphatic carbocycles. The number of para-hydroxylation sites is 1. The quantitative estimate of drug-likeness (QED) is 0.205. The molecule has 2 heterocycles. The number of aromatic carboxylic acids is 1. The van der Waals surface area contributed by atoms with E-state index in [0.29, 0.717) is 17.7 Å². The van der Waals surface area contributed by atoms with Crippen LogP contribution in [-0.4, -0.2) is 54.7 Å². The Morgan fingerprint density at radius 3 is 2.60 bits per heavy atom. The SMILES string of the molecule is Cc1ccccc1Oc1c(C(=O)O)nc(N(C)S(=O)(=O)CCCCNC(=O)c2cc(F)ccc2CN)c2cccnc12. The number of anilines is 1. The first-order valence-electron chi connectivity index (χ1n) is 13.0. The molecular weight excluding hydrogens is 565 g/mol. The number of aromatic nitrogens is 2. The number of carboxylic acid groups (broad SMARTS) is 1. The van der Waals surface area contributed by atoms with Gasteiger partial charge in [0.25, 0.3) is 5.91 Å². The van der Waals surface area contributed by atoms with Gasteiger partial charge in [0, 0.05) is 37.3 Å². The molecule has 2 aromatic carbocycles. The zero-order valence-corrected chi connectivity index (χ0v) is 23.8. The lowest BCUT2D eigenvalue weighted by atomic mass is 10.1. The van der Waals surface area contributed by atoms with Gasteiger partial charge < -0.3 is 20.9 Å². The van der Waals surface area contributed by atoms with Crippen LogP contribution in [0.3, 0.4) is 0 Å². The van der Waals surface area contributed by atoms with E-state index >= 15 is 0 Å². The minimum absolute atomic E-state index is 0.0639. The molecule has 0 unspecified atom stereocenters. The topological polar surface area (TPSA) is 165 Å². The van der Waals surface area contributed by atoms with Crippen LogP contribution in [0.25, 0.3) is 10.9 Å². The van der Waals surface area contributed by atoms with Gasteiger partial charge in [0.1, 0.15) is 17.1 Å². The first-order valence-corrected chi connectivity index (χ1v) is 14.6. The third-order valence-electron chi connectivity index (χ3n) is 6.57. The van der Waals surface area contributed by atoms with Crippen LogP contribution in [0.2, 0.25) is 0 Å². The van der Waals surface area contributed by atoms with E-state index < -0.39 is 33.4 Å². The van der Waals surface area contributed by atoms with E-state index in [1.807, 2.05) is 6.07 Å². The van der Waals surface area contributed by atoms with E-state index in [0.717, 1.165) is 15.9 Å². The fourth-order valence-electron chi connectivity index (χ4n) is 4.27. The van der Waals surface area contributed by atoms with E-state index in [2.05, 4.69) is 15.3 Å². The molecule has 0 spiro atoms. The van der Waals surface area contributed by atoms with E-state index in [4.69, 9.17) is 10.5 Å². The van der Waals surface area contributed by atoms with E-state index in [1.165, 1.54) is 25.4 Å². The van der Waals surface area contributed by atoms with Crippen molar-refractivity contribution < 1.29 is 32.2 Å². The number of hydrogen-bond donors (Lipinski definition) is 3. The molecule has 2 aromatic heterocycles. The number of nitrogens with two attached hydrogens (primary N) is 1. The van der Waals surface area contributed by atoms with Gasteiger partial charge >= 0.3 is 5.97 Å². The third-order valence-corrected chi connectivity index (χ3v) is 8.38. The molecule has 42 heavy (non-hydrogen) atoms. The highest BCUT2D eigenvalue weighted by molar-refractivity contribution is 7.92. The highest BCUT2D eigenvalue weighted by atomic mass is 32.2. The fourth-order valence-corrected chi connectivity index (χ4v) is 5.52. The summed E-state index contributed by atoms with van der Waals surface area (Å²) in [6.45, 7) is 2.02. The predicted molar refractivity (Wildman–Crippen MR) is 156 cm³/mol. The largest absolute Gasteiger partial charge is 0.476 e. The van der Waals surface area contributed by atoms with Crippen LogP contribution < -0.4 is 20.1 Å². The van der Waals surface area contributed by atoms with Crippen molar-refractivity contribution in [3.8, 4) is 11.5 Å². The summed E-state index contributed by atoms with van der Waals surface area (Å²) < 4.78 is 47.0. The Hall–Kier alpha value is -4.62. The van der Waals surface area contributed by atoms with Gasteiger partial charge in [-0.25, -0.2) is 22.6 Å². The molecule has 4 N–H and O–H groups in total. The summed E-state index contributed by atoms with van der Waals surface area (Å²) in [6, 6.07) is 14.0. The number of benzene rings is 2. The highest BCUT2D eigenvalue weighted by Crippen LogP contribution is 2.37. The molecule has 0 saturated carbocycles. The Balaban J connectivity index is 1.51. The first-order chi connectivity index (χ1) is 20.0. The van der Waals surface area contributed by atoms with Crippen molar-refractivity contribution >= 4 is 38.6 Å². The number of nitrogens with zero attached hydrogens (tertiary/aromatic N) is 3. The summed E-state index contributed by atoms with van der Waals surface area (Å²) in [7, 11) is -2.68. The fraction of sp³-hybridized carbons (Fsp3) is 0.241. The van der Waals surface area contributed by atoms with Crippen molar-refractivity contribution in [1.82, 2.24) is 15.3 Å². The summed E-state index contributed by atoms with van der Waals surface area (Å²) in [4.78, 5) is 33.2. The molecule has 13 heteroatoms. The lowest BCUT2D eigenvalue weighted by Crippen LogP contribution is -2.31. The molecule has 0 atom stereocenters. The Labute approximate surface area is 242 Å². The molecular formula is C29H30FN5O6S. The lowest BCUT2D eigenvalue weighted by molar-refractivity contribution is 0.0687. The van der Waals surface area contributed by atoms with E-state index in [-0.39, 0.29) is 53.3 Å². The molecule has 0 fully saturated rings. The number of carbonyl (C=O) groups excluding carboxylic acids is 1. The number of carbonyl (C=O) groups is 2. The van der Waals surface area contributed by atoms with Gasteiger partial charge in [-0.15, -0.1) is 0 Å². The summed E-state index contributed by atoms with van der Waals surface area (Å²) in [6.07, 6.45) is 1.94. The summed E-state index contributed by atoms with van der Waals surface area (Å²) in [5, 5.41) is 12.9. The van der Waals surface area contributed by atoms with Gasteiger partial charge in [-0.3, -0.25) is 14.1 Å². The number of fused-ring (bicyclic) bond motifs is 1. The van der Waals surface area contributed by atoms with Crippen molar-refractivity contribution in [2.45, 2.75) is 26.3 Å². The van der Waals surface area contributed by atoms with Crippen LogP contribution in [0.5, 0.6) is 11.5 Å². The van der Waals surface area contributed by atoms with Crippen molar-refractivity contribution in [1.29, 1.82) is 0 Å². The zero-order valence-electron chi connectivity index (χ0n) is 23.0.